The Balaban J connectivity index is 2.22. The zero-order chi connectivity index (χ0) is 18.1. The van der Waals surface area contributed by atoms with Crippen molar-refractivity contribution in [1.29, 1.82) is 0 Å². The number of hydrogen-bond donors (Lipinski definition) is 4. The van der Waals surface area contributed by atoms with Crippen LogP contribution in [0.25, 0.3) is 10.9 Å². The molecular weight excluding hydrogens is 324 g/mol. The molecule has 0 bridgehead atoms. The number of aromatic amines is 3. The number of aromatic nitrogens is 3. The highest BCUT2D eigenvalue weighted by molar-refractivity contribution is 5.81. The molecule has 0 saturated carbocycles. The van der Waals surface area contributed by atoms with Gasteiger partial charge >= 0.3 is 0 Å². The van der Waals surface area contributed by atoms with Gasteiger partial charge in [-0.05, 0) is 30.5 Å². The Morgan fingerprint density at radius 3 is 2.56 bits per heavy atom. The first-order valence-electron chi connectivity index (χ1n) is 7.67. The van der Waals surface area contributed by atoms with Crippen LogP contribution in [0.3, 0.4) is 0 Å². The van der Waals surface area contributed by atoms with Crippen molar-refractivity contribution in [2.45, 2.75) is 19.3 Å². The summed E-state index contributed by atoms with van der Waals surface area (Å²) in [6.45, 7) is 1.70. The van der Waals surface area contributed by atoms with Gasteiger partial charge in [-0.3, -0.25) is 19.5 Å². The molecule has 1 amide bonds. The van der Waals surface area contributed by atoms with E-state index in [1.807, 2.05) is 0 Å². The molecule has 0 aliphatic carbocycles. The Morgan fingerprint density at radius 2 is 1.96 bits per heavy atom. The lowest BCUT2D eigenvalue weighted by molar-refractivity contribution is -0.118. The highest BCUT2D eigenvalue weighted by atomic mass is 16.5. The molecular formula is C17H18N4O4. The van der Waals surface area contributed by atoms with E-state index in [1.54, 1.807) is 31.2 Å². The van der Waals surface area contributed by atoms with Crippen LogP contribution in [0.2, 0.25) is 0 Å². The number of aryl methyl sites for hydroxylation is 1. The second-order valence-corrected chi connectivity index (χ2v) is 5.85. The number of H-pyrrole nitrogens is 3. The van der Waals surface area contributed by atoms with Crippen molar-refractivity contribution in [3.05, 3.63) is 61.8 Å². The number of nitrogens with two attached hydrogens (primary N) is 1. The fourth-order valence-electron chi connectivity index (χ4n) is 3.03. The van der Waals surface area contributed by atoms with Gasteiger partial charge in [0.1, 0.15) is 5.75 Å². The molecule has 3 rings (SSSR count). The SMILES string of the molecule is COc1ccc2cc([C@H](CC(N)=O)c3c(C)[nH][nH]c3=O)c(=O)[nH]c2c1. The topological polar surface area (TPSA) is 134 Å². The Labute approximate surface area is 142 Å². The monoisotopic (exact) mass is 342 g/mol. The van der Waals surface area contributed by atoms with Crippen LogP contribution < -0.4 is 21.6 Å². The summed E-state index contributed by atoms with van der Waals surface area (Å²) in [6.07, 6.45) is -0.146. The summed E-state index contributed by atoms with van der Waals surface area (Å²) in [5.74, 6) is -0.718. The van der Waals surface area contributed by atoms with Crippen molar-refractivity contribution in [1.82, 2.24) is 15.2 Å². The summed E-state index contributed by atoms with van der Waals surface area (Å²) < 4.78 is 5.15. The highest BCUT2D eigenvalue weighted by Gasteiger charge is 2.25. The quantitative estimate of drug-likeness (QED) is 0.547. The van der Waals surface area contributed by atoms with E-state index in [2.05, 4.69) is 15.2 Å². The molecule has 1 atom stereocenters. The summed E-state index contributed by atoms with van der Waals surface area (Å²) >= 11 is 0. The average molecular weight is 342 g/mol. The van der Waals surface area contributed by atoms with Crippen LogP contribution in [0.4, 0.5) is 0 Å². The molecule has 130 valence electrons. The van der Waals surface area contributed by atoms with Gasteiger partial charge in [-0.25, -0.2) is 0 Å². The van der Waals surface area contributed by atoms with E-state index in [1.165, 1.54) is 7.11 Å². The maximum atomic E-state index is 12.6. The van der Waals surface area contributed by atoms with Gasteiger partial charge in [0.05, 0.1) is 12.6 Å². The third kappa shape index (κ3) is 3.06. The second-order valence-electron chi connectivity index (χ2n) is 5.85. The number of amides is 1. The van der Waals surface area contributed by atoms with Crippen LogP contribution in [0.1, 0.15) is 29.2 Å². The number of hydrogen-bond acceptors (Lipinski definition) is 4. The number of rotatable bonds is 5. The van der Waals surface area contributed by atoms with Crippen molar-refractivity contribution in [3.8, 4) is 5.75 Å². The molecule has 3 aromatic rings. The predicted molar refractivity (Wildman–Crippen MR) is 92.9 cm³/mol. The van der Waals surface area contributed by atoms with Gasteiger partial charge in [0.2, 0.25) is 5.91 Å². The number of carbonyl (C=O) groups excluding carboxylic acids is 1. The Hall–Kier alpha value is -3.29. The number of ether oxygens (including phenoxy) is 1. The number of methoxy groups -OCH3 is 1. The van der Waals surface area contributed by atoms with E-state index in [4.69, 9.17) is 10.5 Å². The third-order valence-corrected chi connectivity index (χ3v) is 4.22. The van der Waals surface area contributed by atoms with Crippen LogP contribution >= 0.6 is 0 Å². The minimum absolute atomic E-state index is 0.146. The number of primary amides is 1. The molecule has 0 fully saturated rings. The summed E-state index contributed by atoms with van der Waals surface area (Å²) in [5.41, 5.74) is 6.39. The third-order valence-electron chi connectivity index (χ3n) is 4.22. The average Bonchev–Trinajstić information content (AvgIpc) is 2.90. The molecule has 25 heavy (non-hydrogen) atoms. The largest absolute Gasteiger partial charge is 0.497 e. The van der Waals surface area contributed by atoms with Crippen LogP contribution in [-0.2, 0) is 4.79 Å². The van der Waals surface area contributed by atoms with Gasteiger partial charge in [-0.15, -0.1) is 0 Å². The Morgan fingerprint density at radius 1 is 1.20 bits per heavy atom. The van der Waals surface area contributed by atoms with Crippen molar-refractivity contribution in [3.63, 3.8) is 0 Å². The first kappa shape index (κ1) is 16.6. The molecule has 0 spiro atoms. The molecule has 0 aliphatic heterocycles. The van der Waals surface area contributed by atoms with Gasteiger partial charge in [-0.2, -0.15) is 0 Å². The number of carbonyl (C=O) groups is 1. The van der Waals surface area contributed by atoms with Crippen molar-refractivity contribution in [2.24, 2.45) is 5.73 Å². The Kier molecular flexibility index (Phi) is 4.18. The number of benzene rings is 1. The van der Waals surface area contributed by atoms with E-state index in [-0.39, 0.29) is 17.5 Å². The summed E-state index contributed by atoms with van der Waals surface area (Å²) in [4.78, 5) is 39.0. The van der Waals surface area contributed by atoms with E-state index in [0.717, 1.165) is 5.39 Å². The fourth-order valence-corrected chi connectivity index (χ4v) is 3.03. The number of pyridine rings is 1. The van der Waals surface area contributed by atoms with Crippen LogP contribution in [0, 0.1) is 6.92 Å². The highest BCUT2D eigenvalue weighted by Crippen LogP contribution is 2.27. The minimum atomic E-state index is -0.734. The van der Waals surface area contributed by atoms with Gasteiger partial charge in [0.25, 0.3) is 11.1 Å². The van der Waals surface area contributed by atoms with Gasteiger partial charge < -0.3 is 20.6 Å². The summed E-state index contributed by atoms with van der Waals surface area (Å²) in [7, 11) is 1.54. The summed E-state index contributed by atoms with van der Waals surface area (Å²) in [5, 5.41) is 5.94. The lowest BCUT2D eigenvalue weighted by atomic mass is 9.88. The smallest absolute Gasteiger partial charge is 0.267 e. The van der Waals surface area contributed by atoms with Crippen molar-refractivity contribution in [2.75, 3.05) is 7.11 Å². The van der Waals surface area contributed by atoms with E-state index >= 15 is 0 Å². The zero-order valence-electron chi connectivity index (χ0n) is 13.8. The van der Waals surface area contributed by atoms with Crippen LogP contribution in [-0.4, -0.2) is 28.2 Å². The molecule has 8 heteroatoms. The first-order chi connectivity index (χ1) is 11.9. The van der Waals surface area contributed by atoms with E-state index in [9.17, 15) is 14.4 Å². The molecule has 5 N–H and O–H groups in total. The maximum absolute atomic E-state index is 12.6. The minimum Gasteiger partial charge on any atom is -0.497 e. The molecule has 2 heterocycles. The number of fused-ring (bicyclic) bond motifs is 1. The van der Waals surface area contributed by atoms with Gasteiger partial charge in [0.15, 0.2) is 0 Å². The lowest BCUT2D eigenvalue weighted by Crippen LogP contribution is -2.25. The van der Waals surface area contributed by atoms with Gasteiger partial charge in [-0.1, -0.05) is 0 Å². The maximum Gasteiger partial charge on any atom is 0.267 e. The zero-order valence-corrected chi connectivity index (χ0v) is 13.8. The molecule has 2 aromatic heterocycles. The molecule has 0 saturated heterocycles. The second kappa shape index (κ2) is 6.31. The number of nitrogens with one attached hydrogen (secondary N) is 3. The van der Waals surface area contributed by atoms with Crippen molar-refractivity contribution < 1.29 is 9.53 Å². The Bertz CT molecular complexity index is 1060. The molecule has 0 unspecified atom stereocenters. The standard InChI is InChI=1S/C17H18N4O4/c1-8-15(17(24)21-20-8)11(7-14(18)22)12-5-9-3-4-10(25-2)6-13(9)19-16(12)23/h3-6,11H,7H2,1-2H3,(H2,18,22)(H,19,23)(H2,20,21,24)/t11-/m0/s1. The summed E-state index contributed by atoms with van der Waals surface area (Å²) in [6, 6.07) is 6.94. The molecule has 1 aromatic carbocycles. The normalized spacial score (nSPS) is 12.2. The molecule has 8 nitrogen and oxygen atoms in total. The van der Waals surface area contributed by atoms with Crippen LogP contribution in [0.5, 0.6) is 5.75 Å². The van der Waals surface area contributed by atoms with Gasteiger partial charge in [0, 0.05) is 35.2 Å². The van der Waals surface area contributed by atoms with E-state index < -0.39 is 11.8 Å². The predicted octanol–water partition coefficient (Wildman–Crippen LogP) is 0.869. The first-order valence-corrected chi connectivity index (χ1v) is 7.67. The fraction of sp³-hybridized carbons (Fsp3) is 0.235. The molecule has 0 radical (unpaired) electrons. The van der Waals surface area contributed by atoms with Crippen molar-refractivity contribution >= 4 is 16.8 Å². The molecule has 0 aliphatic rings. The van der Waals surface area contributed by atoms with E-state index in [0.29, 0.717) is 28.1 Å². The lowest BCUT2D eigenvalue weighted by Gasteiger charge is -2.15. The van der Waals surface area contributed by atoms with Crippen LogP contribution in [0.15, 0.2) is 33.9 Å².